The van der Waals surface area contributed by atoms with Crippen LogP contribution < -0.4 is 20.9 Å². The number of nitrogens with zero attached hydrogens (tertiary/aromatic N) is 4. The number of carbonyl (C=O) groups is 1. The van der Waals surface area contributed by atoms with Gasteiger partial charge in [-0.25, -0.2) is 9.97 Å². The number of alkyl halides is 6. The van der Waals surface area contributed by atoms with Crippen LogP contribution in [0.3, 0.4) is 0 Å². The molecule has 1 amide bonds. The lowest BCUT2D eigenvalue weighted by molar-refractivity contribution is -0.144. The van der Waals surface area contributed by atoms with Crippen molar-refractivity contribution < 1.29 is 31.1 Å². The molecular weight excluding hydrogens is 574 g/mol. The highest BCUT2D eigenvalue weighted by Gasteiger charge is 2.37. The maximum Gasteiger partial charge on any atom is 0.451 e. The molecule has 4 rings (SSSR count). The van der Waals surface area contributed by atoms with Gasteiger partial charge in [-0.15, -0.1) is 0 Å². The van der Waals surface area contributed by atoms with Crippen molar-refractivity contribution in [3.63, 3.8) is 0 Å². The Balaban J connectivity index is 0.000000420. The fourth-order valence-electron chi connectivity index (χ4n) is 4.64. The molecule has 2 aliphatic rings. The average Bonchev–Trinajstić information content (AvgIpc) is 3.55. The van der Waals surface area contributed by atoms with Crippen LogP contribution in [-0.4, -0.2) is 55.6 Å². The fraction of sp³-hybridized carbons (Fsp3) is 0.633. The number of nitrogens with two attached hydrogens (primary N) is 1. The van der Waals surface area contributed by atoms with E-state index >= 15 is 0 Å². The summed E-state index contributed by atoms with van der Waals surface area (Å²) in [5, 5.41) is 2.44. The van der Waals surface area contributed by atoms with Crippen LogP contribution in [0, 0.1) is 5.92 Å². The molecule has 2 saturated heterocycles. The number of aromatic nitrogens is 2. The molecule has 1 aromatic heterocycles. The van der Waals surface area contributed by atoms with Gasteiger partial charge in [-0.3, -0.25) is 4.79 Å². The second-order valence-corrected chi connectivity index (χ2v) is 9.62. The predicted octanol–water partition coefficient (Wildman–Crippen LogP) is 6.71. The first kappa shape index (κ1) is 37.9. The van der Waals surface area contributed by atoms with Gasteiger partial charge in [0.25, 0.3) is 0 Å². The van der Waals surface area contributed by atoms with Crippen molar-refractivity contribution in [1.82, 2.24) is 15.3 Å². The summed E-state index contributed by atoms with van der Waals surface area (Å²) in [6, 6.07) is 6.61. The van der Waals surface area contributed by atoms with Gasteiger partial charge in [-0.1, -0.05) is 39.8 Å². The number of halogens is 6. The minimum Gasteiger partial charge on any atom is -0.358 e. The third-order valence-corrected chi connectivity index (χ3v) is 6.82. The number of benzene rings is 1. The first-order chi connectivity index (χ1) is 20.5. The Hall–Kier alpha value is -3.09. The topological polar surface area (TPSA) is 87.4 Å². The normalized spacial score (nSPS) is 15.3. The highest BCUT2D eigenvalue weighted by atomic mass is 19.4. The van der Waals surface area contributed by atoms with Gasteiger partial charge < -0.3 is 20.9 Å². The maximum absolute atomic E-state index is 13.2. The van der Waals surface area contributed by atoms with Crippen molar-refractivity contribution in [3.05, 3.63) is 47.3 Å². The van der Waals surface area contributed by atoms with Crippen LogP contribution in [-0.2, 0) is 23.6 Å². The summed E-state index contributed by atoms with van der Waals surface area (Å²) in [5.41, 5.74) is 5.70. The Morgan fingerprint density at radius 1 is 0.860 bits per heavy atom. The molecule has 3 heterocycles. The van der Waals surface area contributed by atoms with Gasteiger partial charge in [0.15, 0.2) is 0 Å². The summed E-state index contributed by atoms with van der Waals surface area (Å²) in [7, 11) is 0. The van der Waals surface area contributed by atoms with Crippen LogP contribution in [0.5, 0.6) is 0 Å². The monoisotopic (exact) mass is 620 g/mol. The van der Waals surface area contributed by atoms with Gasteiger partial charge in [0.05, 0.1) is 5.56 Å². The Morgan fingerprint density at radius 2 is 1.37 bits per heavy atom. The van der Waals surface area contributed by atoms with E-state index in [-0.39, 0.29) is 0 Å². The van der Waals surface area contributed by atoms with Crippen LogP contribution in [0.25, 0.3) is 0 Å². The van der Waals surface area contributed by atoms with Gasteiger partial charge in [-0.2, -0.15) is 26.3 Å². The first-order valence-electron chi connectivity index (χ1n) is 15.0. The number of rotatable bonds is 8. The van der Waals surface area contributed by atoms with Crippen molar-refractivity contribution in [2.24, 2.45) is 11.7 Å². The number of piperidine rings is 1. The number of carbonyl (C=O) groups excluding carboxylic acids is 1. The Labute approximate surface area is 251 Å². The molecule has 2 aromatic rings. The third kappa shape index (κ3) is 13.0. The lowest BCUT2D eigenvalue weighted by Crippen LogP contribution is -2.35. The minimum atomic E-state index is -4.53. The Kier molecular flexibility index (Phi) is 17.0. The molecule has 0 atom stereocenters. The third-order valence-electron chi connectivity index (χ3n) is 6.82. The van der Waals surface area contributed by atoms with Gasteiger partial charge in [0.1, 0.15) is 11.6 Å². The quantitative estimate of drug-likeness (QED) is 0.194. The van der Waals surface area contributed by atoms with Crippen LogP contribution in [0.1, 0.15) is 76.8 Å². The van der Waals surface area contributed by atoms with Crippen molar-refractivity contribution in [2.75, 3.05) is 49.1 Å². The molecule has 13 heteroatoms. The van der Waals surface area contributed by atoms with E-state index in [0.717, 1.165) is 76.0 Å². The first-order valence-corrected chi connectivity index (χ1v) is 15.0. The summed E-state index contributed by atoms with van der Waals surface area (Å²) < 4.78 is 76.1. The molecule has 3 N–H and O–H groups in total. The summed E-state index contributed by atoms with van der Waals surface area (Å²) >= 11 is 0. The lowest BCUT2D eigenvalue weighted by atomic mass is 9.94. The molecule has 0 bridgehead atoms. The number of nitrogens with one attached hydrogen (secondary N) is 1. The zero-order valence-corrected chi connectivity index (χ0v) is 25.6. The van der Waals surface area contributed by atoms with E-state index in [1.54, 1.807) is 6.07 Å². The highest BCUT2D eigenvalue weighted by Crippen LogP contribution is 2.33. The molecule has 43 heavy (non-hydrogen) atoms. The van der Waals surface area contributed by atoms with E-state index in [2.05, 4.69) is 15.3 Å². The highest BCUT2D eigenvalue weighted by molar-refractivity contribution is 5.52. The molecule has 2 fully saturated rings. The second kappa shape index (κ2) is 19.2. The summed E-state index contributed by atoms with van der Waals surface area (Å²) in [4.78, 5) is 21.4. The van der Waals surface area contributed by atoms with Crippen LogP contribution in [0.4, 0.5) is 38.0 Å². The summed E-state index contributed by atoms with van der Waals surface area (Å²) in [6.45, 7) is 12.0. The molecule has 7 nitrogen and oxygen atoms in total. The molecule has 0 unspecified atom stereocenters. The summed E-state index contributed by atoms with van der Waals surface area (Å²) in [6.07, 6.45) is -2.88. The van der Waals surface area contributed by atoms with Gasteiger partial charge in [-0.05, 0) is 68.7 Å². The molecule has 244 valence electrons. The summed E-state index contributed by atoms with van der Waals surface area (Å²) in [5.74, 6) is 0.318. The zero-order valence-electron chi connectivity index (χ0n) is 25.6. The van der Waals surface area contributed by atoms with Gasteiger partial charge in [0, 0.05) is 38.8 Å². The van der Waals surface area contributed by atoms with Crippen molar-refractivity contribution in [1.29, 1.82) is 0 Å². The van der Waals surface area contributed by atoms with Crippen molar-refractivity contribution >= 4 is 18.0 Å². The van der Waals surface area contributed by atoms with E-state index in [1.165, 1.54) is 12.1 Å². The van der Waals surface area contributed by atoms with Crippen LogP contribution in [0.2, 0.25) is 0 Å². The van der Waals surface area contributed by atoms with Gasteiger partial charge in [0.2, 0.25) is 12.2 Å². The molecule has 0 spiro atoms. The maximum atomic E-state index is 13.2. The van der Waals surface area contributed by atoms with E-state index < -0.39 is 23.7 Å². The second-order valence-electron chi connectivity index (χ2n) is 9.62. The van der Waals surface area contributed by atoms with Crippen molar-refractivity contribution in [3.8, 4) is 0 Å². The molecule has 1 aromatic carbocycles. The Bertz CT molecular complexity index is 1030. The molecule has 0 saturated carbocycles. The van der Waals surface area contributed by atoms with E-state index in [9.17, 15) is 31.1 Å². The molecule has 0 radical (unpaired) electrons. The molecule has 0 aliphatic carbocycles. The largest absolute Gasteiger partial charge is 0.451 e. The number of hydrogen-bond donors (Lipinski definition) is 2. The molecule has 2 aliphatic heterocycles. The van der Waals surface area contributed by atoms with Crippen molar-refractivity contribution in [2.45, 2.75) is 78.6 Å². The number of hydrogen-bond acceptors (Lipinski definition) is 6. The fourth-order valence-corrected chi connectivity index (χ4v) is 4.64. The SMILES string of the molecule is CC.CC.NCCC1CCN(c2cc(N3CCCC3)nc(C(F)(F)F)n2)CC1.O=CNCCc1ccc(C(F)(F)F)cc1. The predicted molar refractivity (Wildman–Crippen MR) is 159 cm³/mol. The van der Waals surface area contributed by atoms with E-state index in [4.69, 9.17) is 5.73 Å². The standard InChI is InChI=1S/C16H24F3N5.C10H10F3NO.2C2H6/c17-16(18,19)15-21-13(23-7-1-2-8-23)11-14(22-15)24-9-4-12(3-6-20)5-10-24;11-10(12,13)9-3-1-8(2-4-9)5-6-14-7-15;2*1-2/h11-12H,1-10,20H2;1-4,7H,5-6H2,(H,14,15);2*1-2H3. The van der Waals surface area contributed by atoms with Crippen LogP contribution in [0.15, 0.2) is 30.3 Å². The number of amides is 1. The molecular formula is C30H46F6N6O. The zero-order chi connectivity index (χ0) is 32.5. The van der Waals surface area contributed by atoms with Gasteiger partial charge >= 0.3 is 12.4 Å². The Morgan fingerprint density at radius 3 is 1.81 bits per heavy atom. The van der Waals surface area contributed by atoms with Crippen LogP contribution >= 0.6 is 0 Å². The van der Waals surface area contributed by atoms with E-state index in [1.807, 2.05) is 37.5 Å². The average molecular weight is 621 g/mol. The number of anilines is 2. The van der Waals surface area contributed by atoms with E-state index in [0.29, 0.717) is 43.5 Å². The smallest absolute Gasteiger partial charge is 0.358 e. The lowest BCUT2D eigenvalue weighted by Gasteiger charge is -2.33. The minimum absolute atomic E-state index is 0.394.